The molecule has 23 heteroatoms. The normalized spacial score (nSPS) is 13.4. The average molecular weight is 1270 g/mol. The van der Waals surface area contributed by atoms with Gasteiger partial charge < -0.3 is 53.1 Å². The third-order valence-corrected chi connectivity index (χ3v) is 17.3. The Morgan fingerprint density at radius 3 is 1.87 bits per heavy atom. The number of amides is 3. The molecule has 0 radical (unpaired) electrons. The van der Waals surface area contributed by atoms with Gasteiger partial charge in [-0.15, -0.1) is 11.8 Å². The van der Waals surface area contributed by atoms with Crippen LogP contribution in [0, 0.1) is 0 Å². The first-order valence-corrected chi connectivity index (χ1v) is 31.4. The first-order chi connectivity index (χ1) is 41.9. The van der Waals surface area contributed by atoms with Gasteiger partial charge in [0.15, 0.2) is 9.84 Å². The number of rotatable bonds is 29. The van der Waals surface area contributed by atoms with E-state index >= 15 is 0 Å². The van der Waals surface area contributed by atoms with Crippen LogP contribution in [-0.2, 0) is 81.5 Å². The molecule has 3 atom stereocenters. The molecule has 1 unspecified atom stereocenters. The molecule has 1 aromatic heterocycles. The number of furan rings is 1. The van der Waals surface area contributed by atoms with E-state index in [0.29, 0.717) is 27.8 Å². The van der Waals surface area contributed by atoms with E-state index < -0.39 is 57.0 Å². The van der Waals surface area contributed by atoms with Crippen LogP contribution in [0.1, 0.15) is 67.9 Å². The van der Waals surface area contributed by atoms with E-state index in [4.69, 9.17) is 60.8 Å². The number of hydrogen-bond donors (Lipinski definition) is 2. The maximum absolute atomic E-state index is 14.1. The van der Waals surface area contributed by atoms with Gasteiger partial charge in [-0.1, -0.05) is 132 Å². The maximum atomic E-state index is 14.1. The van der Waals surface area contributed by atoms with Crippen LogP contribution in [0.15, 0.2) is 161 Å². The standard InChI is InChI=1S/C64H65Cl2N3O16S2/c1-42(70)67-55(41-86-64(48-15-7-4-8-16-48,49-17-9-5-10-18-49)50-19-11-6-12-20-50)61(73)82-34-32-79-30-28-78-29-31-80-33-35-83-63(75)85-43(2)84-62(74)54(37-44-14-13-21-51(36-44)87(3,76)77)68-59(71)57-53(65)38-47-40-69(26-24-52(47)58(57)66)60(72)46-23-22-45-25-27-81-56(45)39-46/h4-23,25,27,36,38-39,43,54-55H,24,26,28-35,37,40-41H2,1-3H3,(H,67,70)(H,68,71)/t43?,54-,55-/m0/s1. The van der Waals surface area contributed by atoms with Crippen LogP contribution in [-0.4, -0.2) is 139 Å². The molecule has 2 heterocycles. The van der Waals surface area contributed by atoms with Crippen LogP contribution in [0.3, 0.4) is 0 Å². The largest absolute Gasteiger partial charge is 0.511 e. The number of halogens is 2. The van der Waals surface area contributed by atoms with Crippen LogP contribution >= 0.6 is 35.0 Å². The average Bonchev–Trinajstić information content (AvgIpc) is 2.30. The Kier molecular flexibility index (Phi) is 23.4. The molecular weight excluding hydrogens is 1200 g/mol. The lowest BCUT2D eigenvalue weighted by Crippen LogP contribution is -2.45. The van der Waals surface area contributed by atoms with Crippen LogP contribution in [0.25, 0.3) is 11.0 Å². The minimum Gasteiger partial charge on any atom is -0.464 e. The molecule has 2 N–H and O–H groups in total. The third-order valence-electron chi connectivity index (χ3n) is 13.9. The van der Waals surface area contributed by atoms with Crippen molar-refractivity contribution in [2.24, 2.45) is 0 Å². The van der Waals surface area contributed by atoms with Crippen molar-refractivity contribution in [2.75, 3.05) is 71.4 Å². The van der Waals surface area contributed by atoms with E-state index in [1.807, 2.05) is 54.6 Å². The molecule has 87 heavy (non-hydrogen) atoms. The van der Waals surface area contributed by atoms with Gasteiger partial charge in [0.2, 0.25) is 12.2 Å². The summed E-state index contributed by atoms with van der Waals surface area (Å²) in [5.41, 5.74) is 5.46. The summed E-state index contributed by atoms with van der Waals surface area (Å²) in [5, 5.41) is 6.21. The fraction of sp³-hybridized carbons (Fsp3) is 0.312. The number of hydrogen-bond acceptors (Lipinski definition) is 17. The first-order valence-electron chi connectivity index (χ1n) is 27.8. The van der Waals surface area contributed by atoms with Crippen molar-refractivity contribution in [1.29, 1.82) is 0 Å². The first kappa shape index (κ1) is 65.2. The predicted molar refractivity (Wildman–Crippen MR) is 326 cm³/mol. The van der Waals surface area contributed by atoms with Crippen molar-refractivity contribution in [1.82, 2.24) is 15.5 Å². The lowest BCUT2D eigenvalue weighted by molar-refractivity contribution is -0.170. The smallest absolute Gasteiger partial charge is 0.464 e. The van der Waals surface area contributed by atoms with Gasteiger partial charge in [0.1, 0.15) is 30.9 Å². The zero-order valence-electron chi connectivity index (χ0n) is 47.9. The van der Waals surface area contributed by atoms with Crippen molar-refractivity contribution in [2.45, 2.75) is 61.3 Å². The fourth-order valence-corrected chi connectivity index (χ4v) is 12.7. The van der Waals surface area contributed by atoms with Gasteiger partial charge in [0.25, 0.3) is 11.8 Å². The second-order valence-electron chi connectivity index (χ2n) is 20.1. The summed E-state index contributed by atoms with van der Waals surface area (Å²) in [4.78, 5) is 81.4. The number of sulfone groups is 1. The Hall–Kier alpha value is -7.76. The summed E-state index contributed by atoms with van der Waals surface area (Å²) in [5.74, 6) is -2.90. The minimum atomic E-state index is -3.66. The number of carbonyl (C=O) groups excluding carboxylic acids is 6. The molecule has 458 valence electrons. The molecule has 0 saturated carbocycles. The maximum Gasteiger partial charge on any atom is 0.511 e. The number of carbonyl (C=O) groups is 6. The van der Waals surface area contributed by atoms with E-state index in [1.54, 1.807) is 47.6 Å². The highest BCUT2D eigenvalue weighted by atomic mass is 35.5. The van der Waals surface area contributed by atoms with Crippen molar-refractivity contribution >= 4 is 91.6 Å². The minimum absolute atomic E-state index is 0.0253. The summed E-state index contributed by atoms with van der Waals surface area (Å²) < 4.78 is 67.4. The highest BCUT2D eigenvalue weighted by molar-refractivity contribution is 8.00. The highest BCUT2D eigenvalue weighted by Gasteiger charge is 2.39. The number of fused-ring (bicyclic) bond motifs is 2. The predicted octanol–water partition coefficient (Wildman–Crippen LogP) is 9.55. The number of thioether (sulfide) groups is 1. The summed E-state index contributed by atoms with van der Waals surface area (Å²) >= 11 is 15.1. The van der Waals surface area contributed by atoms with Crippen molar-refractivity contribution in [3.05, 3.63) is 206 Å². The lowest BCUT2D eigenvalue weighted by atomic mass is 9.84. The molecule has 3 amide bonds. The quantitative estimate of drug-likeness (QED) is 0.0146. The van der Waals surface area contributed by atoms with E-state index in [-0.39, 0.29) is 117 Å². The highest BCUT2D eigenvalue weighted by Crippen LogP contribution is 2.49. The van der Waals surface area contributed by atoms with Gasteiger partial charge in [-0.2, -0.15) is 0 Å². The molecule has 0 aliphatic carbocycles. The van der Waals surface area contributed by atoms with Crippen molar-refractivity contribution in [3.63, 3.8) is 0 Å². The van der Waals surface area contributed by atoms with Gasteiger partial charge in [-0.05, 0) is 76.2 Å². The van der Waals surface area contributed by atoms with Gasteiger partial charge >= 0.3 is 18.1 Å². The molecule has 0 fully saturated rings. The number of esters is 2. The Morgan fingerprint density at radius 2 is 1.28 bits per heavy atom. The molecular formula is C64H65Cl2N3O16S2. The van der Waals surface area contributed by atoms with Crippen molar-refractivity contribution < 1.29 is 74.8 Å². The van der Waals surface area contributed by atoms with E-state index in [9.17, 15) is 37.2 Å². The monoisotopic (exact) mass is 1270 g/mol. The molecule has 1 aliphatic rings. The third kappa shape index (κ3) is 17.7. The van der Waals surface area contributed by atoms with Gasteiger partial charge in [-0.3, -0.25) is 14.4 Å². The second kappa shape index (κ2) is 31.2. The molecule has 19 nitrogen and oxygen atoms in total. The van der Waals surface area contributed by atoms with Crippen LogP contribution < -0.4 is 10.6 Å². The number of nitrogens with zero attached hydrogens (tertiary/aromatic N) is 1. The summed E-state index contributed by atoms with van der Waals surface area (Å²) in [6, 6.07) is 41.9. The van der Waals surface area contributed by atoms with Crippen LogP contribution in [0.2, 0.25) is 10.0 Å². The van der Waals surface area contributed by atoms with E-state index in [2.05, 4.69) is 47.0 Å². The summed E-state index contributed by atoms with van der Waals surface area (Å²) in [6.45, 7) is 3.49. The molecule has 6 aromatic carbocycles. The Labute approximate surface area is 518 Å². The van der Waals surface area contributed by atoms with E-state index in [0.717, 1.165) is 28.3 Å². The Bertz CT molecular complexity index is 3540. The summed E-state index contributed by atoms with van der Waals surface area (Å²) in [6.07, 6.45) is -0.110. The molecule has 1 aliphatic heterocycles. The fourth-order valence-electron chi connectivity index (χ4n) is 9.72. The topological polar surface area (TPSA) is 242 Å². The summed E-state index contributed by atoms with van der Waals surface area (Å²) in [7, 11) is -3.66. The molecule has 0 saturated heterocycles. The van der Waals surface area contributed by atoms with Crippen LogP contribution in [0.4, 0.5) is 4.79 Å². The second-order valence-corrected chi connectivity index (χ2v) is 24.1. The Balaban J connectivity index is 0.743. The lowest BCUT2D eigenvalue weighted by Gasteiger charge is -2.36. The zero-order chi connectivity index (χ0) is 61.9. The number of ether oxygens (including phenoxy) is 7. The molecule has 0 bridgehead atoms. The molecule has 0 spiro atoms. The molecule has 8 rings (SSSR count). The van der Waals surface area contributed by atoms with Gasteiger partial charge in [0.05, 0.1) is 71.2 Å². The Morgan fingerprint density at radius 1 is 0.678 bits per heavy atom. The van der Waals surface area contributed by atoms with Gasteiger partial charge in [0, 0.05) is 56.3 Å². The van der Waals surface area contributed by atoms with Crippen molar-refractivity contribution in [3.8, 4) is 0 Å². The zero-order valence-corrected chi connectivity index (χ0v) is 51.1. The van der Waals surface area contributed by atoms with E-state index in [1.165, 1.54) is 43.8 Å². The molecule has 7 aromatic rings. The SMILES string of the molecule is CC(=O)N[C@@H](CSC(c1ccccc1)(c1ccccc1)c1ccccc1)C(=O)OCCOCCOCCOCCOC(=O)OC(C)OC(=O)[C@H](Cc1cccc(S(C)(=O)=O)c1)NC(=O)c1c(Cl)cc2c(c1Cl)CCN(C(=O)c1ccc3ccoc3c1)C2. The van der Waals surface area contributed by atoms with Crippen LogP contribution in [0.5, 0.6) is 0 Å². The van der Waals surface area contributed by atoms with Gasteiger partial charge in [-0.25, -0.2) is 22.8 Å². The number of nitrogens with one attached hydrogen (secondary N) is 2. The number of benzene rings is 6.